The third-order valence-corrected chi connectivity index (χ3v) is 3.21. The van der Waals surface area contributed by atoms with Crippen LogP contribution in [0.4, 0.5) is 5.69 Å². The van der Waals surface area contributed by atoms with E-state index in [2.05, 4.69) is 15.6 Å². The maximum absolute atomic E-state index is 12.2. The molecule has 1 aromatic carbocycles. The Kier molecular flexibility index (Phi) is 5.34. The molecule has 0 atom stereocenters. The van der Waals surface area contributed by atoms with E-state index in [9.17, 15) is 9.59 Å². The molecule has 0 saturated heterocycles. The van der Waals surface area contributed by atoms with E-state index in [0.29, 0.717) is 5.69 Å². The van der Waals surface area contributed by atoms with Gasteiger partial charge in [0.1, 0.15) is 5.69 Å². The van der Waals surface area contributed by atoms with Crippen molar-refractivity contribution in [3.63, 3.8) is 0 Å². The number of hydrogen-bond acceptors (Lipinski definition) is 3. The summed E-state index contributed by atoms with van der Waals surface area (Å²) in [6.07, 6.45) is 1.80. The van der Waals surface area contributed by atoms with Crippen LogP contribution in [0.3, 0.4) is 0 Å². The van der Waals surface area contributed by atoms with Crippen LogP contribution in [-0.4, -0.2) is 22.3 Å². The van der Waals surface area contributed by atoms with Crippen LogP contribution in [0, 0.1) is 6.92 Å². The molecule has 0 spiro atoms. The van der Waals surface area contributed by atoms with Gasteiger partial charge in [0.05, 0.1) is 6.42 Å². The lowest BCUT2D eigenvalue weighted by atomic mass is 10.1. The number of pyridine rings is 1. The van der Waals surface area contributed by atoms with E-state index in [1.807, 2.05) is 52.0 Å². The van der Waals surface area contributed by atoms with Gasteiger partial charge >= 0.3 is 0 Å². The fourth-order valence-corrected chi connectivity index (χ4v) is 2.25. The topological polar surface area (TPSA) is 71.1 Å². The minimum absolute atomic E-state index is 0.131. The highest BCUT2D eigenvalue weighted by Crippen LogP contribution is 2.11. The molecular formula is C19H23N3O2. The summed E-state index contributed by atoms with van der Waals surface area (Å²) >= 11 is 0. The molecule has 2 rings (SSSR count). The van der Waals surface area contributed by atoms with E-state index >= 15 is 0 Å². The molecule has 0 bridgehead atoms. The molecule has 2 amide bonds. The van der Waals surface area contributed by atoms with Gasteiger partial charge in [-0.2, -0.15) is 0 Å². The first-order chi connectivity index (χ1) is 11.2. The molecule has 5 heteroatoms. The second-order valence-electron chi connectivity index (χ2n) is 6.85. The maximum Gasteiger partial charge on any atom is 0.270 e. The minimum atomic E-state index is -0.344. The van der Waals surface area contributed by atoms with Gasteiger partial charge in [-0.05, 0) is 45.4 Å². The van der Waals surface area contributed by atoms with Gasteiger partial charge in [-0.1, -0.05) is 29.8 Å². The molecule has 126 valence electrons. The highest BCUT2D eigenvalue weighted by atomic mass is 16.2. The molecule has 24 heavy (non-hydrogen) atoms. The van der Waals surface area contributed by atoms with Crippen molar-refractivity contribution in [1.29, 1.82) is 0 Å². The van der Waals surface area contributed by atoms with E-state index in [1.165, 1.54) is 6.20 Å². The Labute approximate surface area is 142 Å². The predicted molar refractivity (Wildman–Crippen MR) is 95.0 cm³/mol. The lowest BCUT2D eigenvalue weighted by Gasteiger charge is -2.20. The monoisotopic (exact) mass is 325 g/mol. The van der Waals surface area contributed by atoms with Crippen molar-refractivity contribution in [3.8, 4) is 0 Å². The summed E-state index contributed by atoms with van der Waals surface area (Å²) in [5, 5.41) is 5.66. The zero-order valence-electron chi connectivity index (χ0n) is 14.5. The first-order valence-electron chi connectivity index (χ1n) is 7.87. The number of amides is 2. The summed E-state index contributed by atoms with van der Waals surface area (Å²) in [7, 11) is 0. The summed E-state index contributed by atoms with van der Waals surface area (Å²) in [6.45, 7) is 7.69. The van der Waals surface area contributed by atoms with Crippen LogP contribution in [0.15, 0.2) is 42.6 Å². The molecule has 0 radical (unpaired) electrons. The summed E-state index contributed by atoms with van der Waals surface area (Å²) < 4.78 is 0. The number of aryl methyl sites for hydroxylation is 1. The van der Waals surface area contributed by atoms with Gasteiger partial charge in [0.2, 0.25) is 5.91 Å². The average Bonchev–Trinajstić information content (AvgIpc) is 2.45. The SMILES string of the molecule is Cc1cccc(CC(=O)Nc2ccnc(C(=O)NC(C)(C)C)c2)c1. The molecule has 0 aliphatic heterocycles. The van der Waals surface area contributed by atoms with Crippen LogP contribution < -0.4 is 10.6 Å². The molecule has 5 nitrogen and oxygen atoms in total. The summed E-state index contributed by atoms with van der Waals surface area (Å²) in [5.41, 5.74) is 2.56. The Balaban J connectivity index is 2.03. The van der Waals surface area contributed by atoms with E-state index in [-0.39, 0.29) is 29.5 Å². The van der Waals surface area contributed by atoms with Gasteiger partial charge in [0.15, 0.2) is 0 Å². The van der Waals surface area contributed by atoms with Crippen molar-refractivity contribution in [1.82, 2.24) is 10.3 Å². The molecule has 1 heterocycles. The second-order valence-corrected chi connectivity index (χ2v) is 6.85. The molecule has 0 aliphatic carbocycles. The van der Waals surface area contributed by atoms with Crippen molar-refractivity contribution < 1.29 is 9.59 Å². The van der Waals surface area contributed by atoms with Gasteiger partial charge in [-0.3, -0.25) is 14.6 Å². The number of benzene rings is 1. The fourth-order valence-electron chi connectivity index (χ4n) is 2.25. The van der Waals surface area contributed by atoms with Crippen LogP contribution in [0.1, 0.15) is 42.4 Å². The molecule has 2 aromatic rings. The summed E-state index contributed by atoms with van der Waals surface area (Å²) in [6, 6.07) is 11.1. The molecule has 0 aliphatic rings. The summed E-state index contributed by atoms with van der Waals surface area (Å²) in [5.74, 6) is -0.397. The van der Waals surface area contributed by atoms with Gasteiger partial charge in [0.25, 0.3) is 5.91 Å². The third-order valence-electron chi connectivity index (χ3n) is 3.21. The lowest BCUT2D eigenvalue weighted by molar-refractivity contribution is -0.115. The van der Waals surface area contributed by atoms with Crippen molar-refractivity contribution in [2.45, 2.75) is 39.7 Å². The van der Waals surface area contributed by atoms with Gasteiger partial charge in [-0.25, -0.2) is 0 Å². The van der Waals surface area contributed by atoms with E-state index in [4.69, 9.17) is 0 Å². The molecule has 0 saturated carbocycles. The molecular weight excluding hydrogens is 302 g/mol. The fraction of sp³-hybridized carbons (Fsp3) is 0.316. The highest BCUT2D eigenvalue weighted by Gasteiger charge is 2.16. The molecule has 1 aromatic heterocycles. The Morgan fingerprint density at radius 2 is 1.88 bits per heavy atom. The highest BCUT2D eigenvalue weighted by molar-refractivity contribution is 5.96. The zero-order chi connectivity index (χ0) is 17.7. The van der Waals surface area contributed by atoms with E-state index in [0.717, 1.165) is 11.1 Å². The first kappa shape index (κ1) is 17.7. The standard InChI is InChI=1S/C19H23N3O2/c1-13-6-5-7-14(10-13)11-17(23)21-15-8-9-20-16(12-15)18(24)22-19(2,3)4/h5-10,12H,11H2,1-4H3,(H,22,24)(H,20,21,23). The van der Waals surface area contributed by atoms with Crippen molar-refractivity contribution >= 4 is 17.5 Å². The van der Waals surface area contributed by atoms with Gasteiger partial charge in [-0.15, -0.1) is 0 Å². The van der Waals surface area contributed by atoms with Crippen LogP contribution in [0.5, 0.6) is 0 Å². The van der Waals surface area contributed by atoms with Crippen LogP contribution in [-0.2, 0) is 11.2 Å². The van der Waals surface area contributed by atoms with E-state index < -0.39 is 0 Å². The van der Waals surface area contributed by atoms with Gasteiger partial charge in [0, 0.05) is 17.4 Å². The van der Waals surface area contributed by atoms with Crippen molar-refractivity contribution in [2.75, 3.05) is 5.32 Å². The Morgan fingerprint density at radius 1 is 1.12 bits per heavy atom. The zero-order valence-corrected chi connectivity index (χ0v) is 14.5. The normalized spacial score (nSPS) is 11.0. The average molecular weight is 325 g/mol. The smallest absolute Gasteiger partial charge is 0.270 e. The Bertz CT molecular complexity index is 748. The van der Waals surface area contributed by atoms with Crippen LogP contribution in [0.25, 0.3) is 0 Å². The number of anilines is 1. The number of aromatic nitrogens is 1. The van der Waals surface area contributed by atoms with Crippen LogP contribution >= 0.6 is 0 Å². The lowest BCUT2D eigenvalue weighted by Crippen LogP contribution is -2.40. The van der Waals surface area contributed by atoms with Crippen molar-refractivity contribution in [2.24, 2.45) is 0 Å². The molecule has 0 unspecified atom stereocenters. The van der Waals surface area contributed by atoms with Gasteiger partial charge < -0.3 is 10.6 Å². The van der Waals surface area contributed by atoms with Crippen LogP contribution in [0.2, 0.25) is 0 Å². The van der Waals surface area contributed by atoms with E-state index in [1.54, 1.807) is 12.1 Å². The largest absolute Gasteiger partial charge is 0.346 e. The number of carbonyl (C=O) groups is 2. The quantitative estimate of drug-likeness (QED) is 0.907. The molecule has 2 N–H and O–H groups in total. The molecule has 0 fully saturated rings. The number of hydrogen-bond donors (Lipinski definition) is 2. The number of carbonyl (C=O) groups excluding carboxylic acids is 2. The first-order valence-corrected chi connectivity index (χ1v) is 7.87. The third kappa shape index (κ3) is 5.50. The Morgan fingerprint density at radius 3 is 2.54 bits per heavy atom. The van der Waals surface area contributed by atoms with Crippen molar-refractivity contribution in [3.05, 3.63) is 59.4 Å². The number of rotatable bonds is 4. The minimum Gasteiger partial charge on any atom is -0.346 e. The Hall–Kier alpha value is -2.69. The number of nitrogens with one attached hydrogen (secondary N) is 2. The number of nitrogens with zero attached hydrogens (tertiary/aromatic N) is 1. The summed E-state index contributed by atoms with van der Waals surface area (Å²) in [4.78, 5) is 28.4. The maximum atomic E-state index is 12.2. The predicted octanol–water partition coefficient (Wildman–Crippen LogP) is 3.10. The second kappa shape index (κ2) is 7.25.